The highest BCUT2D eigenvalue weighted by atomic mass is 16.5. The number of carbonyl (C=O) groups is 9. The summed E-state index contributed by atoms with van der Waals surface area (Å²) < 4.78 is 7.50. The van der Waals surface area contributed by atoms with Crippen LogP contribution in [0.4, 0.5) is 21.0 Å². The van der Waals surface area contributed by atoms with E-state index >= 15 is 0 Å². The quantitative estimate of drug-likeness (QED) is 0.0143. The molecule has 2 heterocycles. The first-order chi connectivity index (χ1) is 42.9. The van der Waals surface area contributed by atoms with Gasteiger partial charge in [-0.2, -0.15) is 0 Å². The van der Waals surface area contributed by atoms with Crippen molar-refractivity contribution in [2.45, 2.75) is 150 Å². The molecule has 4 aromatic carbocycles. The number of carboxylic acid groups (broad SMARTS) is 1. The molecule has 6 rings (SSSR count). The average Bonchev–Trinajstić information content (AvgIpc) is 1.66. The Kier molecular flexibility index (Phi) is 24.3. The number of fused-ring (bicyclic) bond motifs is 3. The second-order valence-corrected chi connectivity index (χ2v) is 25.4. The summed E-state index contributed by atoms with van der Waals surface area (Å²) in [6, 6.07) is 22.0. The Bertz CT molecular complexity index is 3590. The molecular formula is C69H89N11O11. The predicted octanol–water partition coefficient (Wildman–Crippen LogP) is 7.25. The molecule has 0 saturated heterocycles. The number of aromatic nitrogens is 1. The van der Waals surface area contributed by atoms with Crippen molar-refractivity contribution in [3.63, 3.8) is 0 Å². The van der Waals surface area contributed by atoms with Crippen LogP contribution in [0.5, 0.6) is 0 Å². The van der Waals surface area contributed by atoms with E-state index in [2.05, 4.69) is 49.1 Å². The molecular weight excluding hydrogens is 1160 g/mol. The zero-order chi connectivity index (χ0) is 67.1. The number of benzene rings is 4. The summed E-state index contributed by atoms with van der Waals surface area (Å²) in [7, 11) is 5.21. The highest BCUT2D eigenvalue weighted by molar-refractivity contribution is 6.00. The van der Waals surface area contributed by atoms with Gasteiger partial charge in [-0.25, -0.2) is 14.4 Å². The summed E-state index contributed by atoms with van der Waals surface area (Å²) in [5.41, 5.74) is 10.3. The van der Waals surface area contributed by atoms with E-state index in [4.69, 9.17) is 10.5 Å². The molecule has 1 aliphatic rings. The molecule has 486 valence electrons. The van der Waals surface area contributed by atoms with Gasteiger partial charge >= 0.3 is 18.1 Å². The molecule has 0 fully saturated rings. The molecule has 0 bridgehead atoms. The van der Waals surface area contributed by atoms with Crippen LogP contribution in [0, 0.1) is 29.1 Å². The van der Waals surface area contributed by atoms with Crippen LogP contribution in [0.25, 0.3) is 10.9 Å². The molecule has 0 aliphatic carbocycles. The number of alkyl carbamates (subject to hydrolysis) is 1. The maximum atomic E-state index is 14.4. The summed E-state index contributed by atoms with van der Waals surface area (Å²) >= 11 is 0. The summed E-state index contributed by atoms with van der Waals surface area (Å²) in [6.45, 7) is 18.7. The summed E-state index contributed by atoms with van der Waals surface area (Å²) in [6.07, 6.45) is 2.85. The van der Waals surface area contributed by atoms with E-state index in [1.165, 1.54) is 11.8 Å². The fourth-order valence-electron chi connectivity index (χ4n) is 11.0. The van der Waals surface area contributed by atoms with E-state index in [9.17, 15) is 48.3 Å². The SMILES string of the molecule is CN[C@@H](C(=O)N[C@H](C(=O)N(C)[C@H](/C=C(\C)C(=O)O)C(C)C)C(C)(C)C)C(C)(C)c1cn(C)c2cc(CNC(=O)OCc3ccc(NC(=O)[C@H](CCCNC(N)=O)NC(=O)[C@@H](NC(=O)CCC(=O)N4Cc5ccccc5C#Cc5ccccc54)C(C)C)cc3)ccc12. The van der Waals surface area contributed by atoms with Crippen LogP contribution in [0.15, 0.2) is 109 Å². The molecule has 5 aromatic rings. The number of urea groups is 1. The molecule has 0 unspecified atom stereocenters. The van der Waals surface area contributed by atoms with Crippen LogP contribution < -0.4 is 47.9 Å². The number of carbonyl (C=O) groups excluding carboxylic acids is 8. The van der Waals surface area contributed by atoms with Crippen molar-refractivity contribution in [3.05, 3.63) is 142 Å². The molecule has 5 atom stereocenters. The van der Waals surface area contributed by atoms with E-state index in [-0.39, 0.29) is 81.1 Å². The Morgan fingerprint density at radius 3 is 2.05 bits per heavy atom. The number of hydrogen-bond acceptors (Lipinski definition) is 11. The molecule has 1 aliphatic heterocycles. The third-order valence-corrected chi connectivity index (χ3v) is 16.3. The topological polar surface area (TPSA) is 305 Å². The van der Waals surface area contributed by atoms with Crippen LogP contribution in [0.3, 0.4) is 0 Å². The van der Waals surface area contributed by atoms with Crippen LogP contribution in [0.1, 0.15) is 128 Å². The maximum absolute atomic E-state index is 14.4. The number of para-hydroxylation sites is 1. The average molecular weight is 1250 g/mol. The molecule has 22 heteroatoms. The van der Waals surface area contributed by atoms with Gasteiger partial charge in [0, 0.05) is 84.9 Å². The third kappa shape index (κ3) is 18.8. The molecule has 0 spiro atoms. The van der Waals surface area contributed by atoms with E-state index in [1.807, 2.05) is 133 Å². The van der Waals surface area contributed by atoms with Crippen molar-refractivity contribution in [2.75, 3.05) is 30.9 Å². The Labute approximate surface area is 533 Å². The second-order valence-electron chi connectivity index (χ2n) is 25.4. The largest absolute Gasteiger partial charge is 0.478 e. The lowest BCUT2D eigenvalue weighted by Gasteiger charge is -2.39. The van der Waals surface area contributed by atoms with Gasteiger partial charge in [0.25, 0.3) is 0 Å². The number of carboxylic acids is 1. The monoisotopic (exact) mass is 1250 g/mol. The van der Waals surface area contributed by atoms with Crippen LogP contribution in [0.2, 0.25) is 0 Å². The number of primary amides is 1. The summed E-state index contributed by atoms with van der Waals surface area (Å²) in [5, 5.41) is 30.4. The number of hydrogen-bond donors (Lipinski definition) is 9. The Balaban J connectivity index is 1.03. The smallest absolute Gasteiger partial charge is 0.407 e. The minimum absolute atomic E-state index is 0.0916. The van der Waals surface area contributed by atoms with Gasteiger partial charge in [-0.05, 0) is 103 Å². The van der Waals surface area contributed by atoms with Crippen molar-refractivity contribution in [1.29, 1.82) is 0 Å². The minimum atomic E-state index is -1.11. The van der Waals surface area contributed by atoms with E-state index in [0.29, 0.717) is 22.5 Å². The molecule has 10 N–H and O–H groups in total. The van der Waals surface area contributed by atoms with Crippen molar-refractivity contribution in [2.24, 2.45) is 30.0 Å². The first-order valence-corrected chi connectivity index (χ1v) is 30.6. The van der Waals surface area contributed by atoms with Gasteiger partial charge in [0.1, 0.15) is 24.7 Å². The number of nitrogens with two attached hydrogens (primary N) is 1. The first kappa shape index (κ1) is 70.6. The number of aliphatic carboxylic acids is 1. The molecule has 1 aromatic heterocycles. The van der Waals surface area contributed by atoms with Gasteiger partial charge < -0.3 is 67.2 Å². The number of nitrogens with zero attached hydrogens (tertiary/aromatic N) is 3. The molecule has 0 radical (unpaired) electrons. The number of aryl methyl sites for hydroxylation is 1. The summed E-state index contributed by atoms with van der Waals surface area (Å²) in [5.74, 6) is 1.99. The van der Waals surface area contributed by atoms with Gasteiger partial charge in [0.15, 0.2) is 0 Å². The first-order valence-electron chi connectivity index (χ1n) is 30.6. The van der Waals surface area contributed by atoms with Crippen molar-refractivity contribution >= 4 is 75.8 Å². The van der Waals surface area contributed by atoms with Gasteiger partial charge in [0.05, 0.1) is 24.3 Å². The van der Waals surface area contributed by atoms with Gasteiger partial charge in [-0.1, -0.05) is 135 Å². The van der Waals surface area contributed by atoms with Crippen molar-refractivity contribution in [3.8, 4) is 11.8 Å². The van der Waals surface area contributed by atoms with Crippen LogP contribution >= 0.6 is 0 Å². The lowest BCUT2D eigenvalue weighted by atomic mass is 9.76. The van der Waals surface area contributed by atoms with Gasteiger partial charge in [-0.15, -0.1) is 0 Å². The minimum Gasteiger partial charge on any atom is -0.478 e. The number of anilines is 2. The van der Waals surface area contributed by atoms with Crippen LogP contribution in [-0.2, 0) is 70.5 Å². The summed E-state index contributed by atoms with van der Waals surface area (Å²) in [4.78, 5) is 123. The second kappa shape index (κ2) is 31.3. The number of rotatable bonds is 27. The van der Waals surface area contributed by atoms with Gasteiger partial charge in [0.2, 0.25) is 35.4 Å². The van der Waals surface area contributed by atoms with E-state index < -0.39 is 82.8 Å². The van der Waals surface area contributed by atoms with Crippen molar-refractivity contribution < 1.29 is 53.0 Å². The number of ether oxygens (including phenoxy) is 1. The Hall–Kier alpha value is -9.49. The zero-order valence-corrected chi connectivity index (χ0v) is 54.5. The fourth-order valence-corrected chi connectivity index (χ4v) is 11.0. The molecule has 0 saturated carbocycles. The normalized spacial score (nSPS) is 13.9. The van der Waals surface area contributed by atoms with Crippen LogP contribution in [-0.4, -0.2) is 119 Å². The molecule has 9 amide bonds. The highest BCUT2D eigenvalue weighted by Gasteiger charge is 2.43. The highest BCUT2D eigenvalue weighted by Crippen LogP contribution is 2.36. The Morgan fingerprint density at radius 2 is 1.42 bits per heavy atom. The lowest BCUT2D eigenvalue weighted by molar-refractivity contribution is -0.141. The van der Waals surface area contributed by atoms with E-state index in [0.717, 1.165) is 33.2 Å². The van der Waals surface area contributed by atoms with Crippen molar-refractivity contribution in [1.82, 2.24) is 41.4 Å². The number of amides is 9. The third-order valence-electron chi connectivity index (χ3n) is 16.3. The van der Waals surface area contributed by atoms with Gasteiger partial charge in [-0.3, -0.25) is 28.8 Å². The zero-order valence-electron chi connectivity index (χ0n) is 54.5. The van der Waals surface area contributed by atoms with E-state index in [1.54, 1.807) is 63.2 Å². The molecule has 22 nitrogen and oxygen atoms in total. The fraction of sp³-hybridized carbons (Fsp3) is 0.435. The Morgan fingerprint density at radius 1 is 0.769 bits per heavy atom. The maximum Gasteiger partial charge on any atom is 0.407 e. The molecule has 91 heavy (non-hydrogen) atoms. The predicted molar refractivity (Wildman–Crippen MR) is 350 cm³/mol. The number of likely N-dealkylation sites (N-methyl/N-ethyl adjacent to an activating group) is 2. The lowest BCUT2D eigenvalue weighted by Crippen LogP contribution is -2.61. The standard InChI is InChI=1S/C69H89N11O11/c1-41(2)54(35-43(5)65(87)88)79(13)64(86)60(68(6,7)8)77-63(85)59(71-11)69(9,10)51-39-78(12)55-36-45(26-31-50(51)55)37-73-67(90)91-40-44-24-29-49(30-25-44)74-61(83)52(22-18-34-72-66(70)89)75-62(84)58(42(3)4)76-56(81)32-33-57(82)80-38-48-21-15-14-19-46(48)27-28-47-20-16-17-23-53(47)80/h14-17,19-21,23-26,29-31,35-36,39,41-42,52,54,58-60,71H,18,22,32-34,37-38,40H2,1-13H3,(H,73,90)(H,74,83)(H,75,84)(H,76,81)(H,77,85)(H,87,88)(H3,70,72,89)/b43-35+/t52-,54+,58-,59-,60+/m0/s1. The number of nitrogens with one attached hydrogen (secondary N) is 7.